The van der Waals surface area contributed by atoms with Gasteiger partial charge in [0, 0.05) is 20.1 Å². The number of nitrogens with one attached hydrogen (secondary N) is 2. The zero-order valence-electron chi connectivity index (χ0n) is 13.0. The van der Waals surface area contributed by atoms with Crippen LogP contribution in [0.25, 0.3) is 0 Å². The Balaban J connectivity index is 0.00000400. The first-order valence-corrected chi connectivity index (χ1v) is 7.17. The van der Waals surface area contributed by atoms with Crippen LogP contribution in [-0.4, -0.2) is 19.6 Å². The van der Waals surface area contributed by atoms with E-state index in [2.05, 4.69) is 35.5 Å². The molecule has 0 amide bonds. The Hall–Kier alpha value is -1.29. The molecule has 5 heteroatoms. The van der Waals surface area contributed by atoms with E-state index < -0.39 is 0 Å². The molecule has 116 valence electrons. The monoisotopic (exact) mass is 400 g/mol. The number of nitrogens with zero attached hydrogens (tertiary/aromatic N) is 2. The quantitative estimate of drug-likeness (QED) is 0.438. The highest BCUT2D eigenvalue weighted by molar-refractivity contribution is 14.0. The topological polar surface area (TPSA) is 60.2 Å². The zero-order chi connectivity index (χ0) is 14.8. The Bertz CT molecular complexity index is 458. The third kappa shape index (κ3) is 7.32. The molecule has 0 aliphatic rings. The summed E-state index contributed by atoms with van der Waals surface area (Å²) in [7, 11) is 1.78. The highest BCUT2D eigenvalue weighted by Crippen LogP contribution is 2.05. The first kappa shape index (κ1) is 19.7. The van der Waals surface area contributed by atoms with Crippen LogP contribution in [0, 0.1) is 17.2 Å². The third-order valence-corrected chi connectivity index (χ3v) is 3.48. The van der Waals surface area contributed by atoms with Gasteiger partial charge in [-0.25, -0.2) is 0 Å². The summed E-state index contributed by atoms with van der Waals surface area (Å²) in [5.74, 6) is 1.50. The van der Waals surface area contributed by atoms with E-state index in [9.17, 15) is 0 Å². The average Bonchev–Trinajstić information content (AvgIpc) is 2.51. The first-order chi connectivity index (χ1) is 9.73. The molecule has 0 aliphatic carbocycles. The summed E-state index contributed by atoms with van der Waals surface area (Å²) in [6.07, 6.45) is 2.35. The maximum Gasteiger partial charge on any atom is 0.191 e. The standard InChI is InChI=1S/C16H24N4.HI/c1-4-13(5-2)11-19-16(18-3)20-12-15-8-6-14(10-17)7-9-15;/h6-9,13H,4-5,11-12H2,1-3H3,(H2,18,19,20);1H. The fraction of sp³-hybridized carbons (Fsp3) is 0.500. The summed E-state index contributed by atoms with van der Waals surface area (Å²) in [4.78, 5) is 4.22. The van der Waals surface area contributed by atoms with Gasteiger partial charge in [0.2, 0.25) is 0 Å². The number of hydrogen-bond acceptors (Lipinski definition) is 2. The molecule has 0 aromatic heterocycles. The van der Waals surface area contributed by atoms with E-state index in [1.165, 1.54) is 12.8 Å². The van der Waals surface area contributed by atoms with Crippen molar-refractivity contribution in [1.29, 1.82) is 5.26 Å². The van der Waals surface area contributed by atoms with Crippen molar-refractivity contribution in [2.75, 3.05) is 13.6 Å². The Kier molecular flexibility index (Phi) is 10.7. The third-order valence-electron chi connectivity index (χ3n) is 3.48. The van der Waals surface area contributed by atoms with Gasteiger partial charge >= 0.3 is 0 Å². The maximum absolute atomic E-state index is 8.76. The van der Waals surface area contributed by atoms with Crippen LogP contribution in [0.2, 0.25) is 0 Å². The van der Waals surface area contributed by atoms with Crippen molar-refractivity contribution in [2.45, 2.75) is 33.2 Å². The molecule has 0 fully saturated rings. The molecular formula is C16H25IN4. The minimum absolute atomic E-state index is 0. The molecule has 0 bridgehead atoms. The molecule has 21 heavy (non-hydrogen) atoms. The Morgan fingerprint density at radius 1 is 1.19 bits per heavy atom. The Labute approximate surface area is 145 Å². The zero-order valence-corrected chi connectivity index (χ0v) is 15.3. The molecule has 4 nitrogen and oxygen atoms in total. The molecule has 0 heterocycles. The van der Waals surface area contributed by atoms with E-state index in [1.54, 1.807) is 7.05 Å². The Morgan fingerprint density at radius 3 is 2.29 bits per heavy atom. The highest BCUT2D eigenvalue weighted by Gasteiger charge is 2.04. The van der Waals surface area contributed by atoms with Crippen molar-refractivity contribution >= 4 is 29.9 Å². The first-order valence-electron chi connectivity index (χ1n) is 7.17. The lowest BCUT2D eigenvalue weighted by molar-refractivity contribution is 0.481. The number of nitriles is 1. The van der Waals surface area contributed by atoms with Crippen molar-refractivity contribution in [2.24, 2.45) is 10.9 Å². The second-order valence-corrected chi connectivity index (χ2v) is 4.80. The van der Waals surface area contributed by atoms with Crippen LogP contribution in [-0.2, 0) is 6.54 Å². The van der Waals surface area contributed by atoms with E-state index in [0.29, 0.717) is 18.0 Å². The SMILES string of the molecule is CCC(CC)CNC(=NC)NCc1ccc(C#N)cc1.I. The van der Waals surface area contributed by atoms with Crippen molar-refractivity contribution in [3.05, 3.63) is 35.4 Å². The van der Waals surface area contributed by atoms with E-state index in [4.69, 9.17) is 5.26 Å². The summed E-state index contributed by atoms with van der Waals surface area (Å²) >= 11 is 0. The highest BCUT2D eigenvalue weighted by atomic mass is 127. The molecule has 0 spiro atoms. The van der Waals surface area contributed by atoms with E-state index in [0.717, 1.165) is 18.1 Å². The van der Waals surface area contributed by atoms with Gasteiger partial charge in [0.05, 0.1) is 11.6 Å². The van der Waals surface area contributed by atoms with Crippen LogP contribution < -0.4 is 10.6 Å². The molecule has 0 aliphatic heterocycles. The van der Waals surface area contributed by atoms with Crippen LogP contribution in [0.3, 0.4) is 0 Å². The normalized spacial score (nSPS) is 10.7. The van der Waals surface area contributed by atoms with Crippen LogP contribution in [0.15, 0.2) is 29.3 Å². The van der Waals surface area contributed by atoms with Gasteiger partial charge in [0.15, 0.2) is 5.96 Å². The number of hydrogen-bond donors (Lipinski definition) is 2. The molecule has 0 saturated heterocycles. The smallest absolute Gasteiger partial charge is 0.191 e. The minimum Gasteiger partial charge on any atom is -0.356 e. The van der Waals surface area contributed by atoms with Gasteiger partial charge in [-0.3, -0.25) is 4.99 Å². The summed E-state index contributed by atoms with van der Waals surface area (Å²) in [6, 6.07) is 9.70. The second-order valence-electron chi connectivity index (χ2n) is 4.80. The fourth-order valence-electron chi connectivity index (χ4n) is 1.92. The predicted octanol–water partition coefficient (Wildman–Crippen LogP) is 3.28. The predicted molar refractivity (Wildman–Crippen MR) is 98.8 cm³/mol. The lowest BCUT2D eigenvalue weighted by atomic mass is 10.0. The van der Waals surface area contributed by atoms with Crippen molar-refractivity contribution in [3.8, 4) is 6.07 Å². The molecule has 1 rings (SSSR count). The molecule has 1 aromatic carbocycles. The fourth-order valence-corrected chi connectivity index (χ4v) is 1.92. The summed E-state index contributed by atoms with van der Waals surface area (Å²) in [5, 5.41) is 15.4. The number of benzene rings is 1. The van der Waals surface area contributed by atoms with Gasteiger partial charge in [-0.15, -0.1) is 24.0 Å². The lowest BCUT2D eigenvalue weighted by Gasteiger charge is -2.16. The van der Waals surface area contributed by atoms with Gasteiger partial charge < -0.3 is 10.6 Å². The van der Waals surface area contributed by atoms with Crippen LogP contribution in [0.5, 0.6) is 0 Å². The van der Waals surface area contributed by atoms with Gasteiger partial charge in [-0.1, -0.05) is 38.8 Å². The molecule has 0 unspecified atom stereocenters. The molecule has 0 atom stereocenters. The average molecular weight is 400 g/mol. The van der Waals surface area contributed by atoms with Gasteiger partial charge in [0.25, 0.3) is 0 Å². The van der Waals surface area contributed by atoms with Crippen molar-refractivity contribution in [1.82, 2.24) is 10.6 Å². The number of aliphatic imine (C=N–C) groups is 1. The molecule has 0 saturated carbocycles. The molecule has 0 radical (unpaired) electrons. The van der Waals surface area contributed by atoms with Gasteiger partial charge in [-0.2, -0.15) is 5.26 Å². The van der Waals surface area contributed by atoms with Crippen molar-refractivity contribution in [3.63, 3.8) is 0 Å². The van der Waals surface area contributed by atoms with Crippen molar-refractivity contribution < 1.29 is 0 Å². The Morgan fingerprint density at radius 2 is 1.81 bits per heavy atom. The van der Waals surface area contributed by atoms with Crippen LogP contribution in [0.4, 0.5) is 0 Å². The molecular weight excluding hydrogens is 375 g/mol. The van der Waals surface area contributed by atoms with E-state index in [-0.39, 0.29) is 24.0 Å². The second kappa shape index (κ2) is 11.4. The summed E-state index contributed by atoms with van der Waals surface area (Å²) in [6.45, 7) is 6.07. The minimum atomic E-state index is 0. The van der Waals surface area contributed by atoms with Gasteiger partial charge in [-0.05, 0) is 23.6 Å². The number of halogens is 1. The number of rotatable bonds is 6. The largest absolute Gasteiger partial charge is 0.356 e. The molecule has 1 aromatic rings. The summed E-state index contributed by atoms with van der Waals surface area (Å²) < 4.78 is 0. The van der Waals surface area contributed by atoms with Gasteiger partial charge in [0.1, 0.15) is 0 Å². The van der Waals surface area contributed by atoms with Crippen LogP contribution >= 0.6 is 24.0 Å². The van der Waals surface area contributed by atoms with E-state index in [1.807, 2.05) is 24.3 Å². The maximum atomic E-state index is 8.76. The number of guanidine groups is 1. The van der Waals surface area contributed by atoms with E-state index >= 15 is 0 Å². The van der Waals surface area contributed by atoms with Crippen LogP contribution in [0.1, 0.15) is 37.8 Å². The molecule has 2 N–H and O–H groups in total. The lowest BCUT2D eigenvalue weighted by Crippen LogP contribution is -2.39. The summed E-state index contributed by atoms with van der Waals surface area (Å²) in [5.41, 5.74) is 1.82.